The lowest BCUT2D eigenvalue weighted by Crippen LogP contribution is -2.23. The molecule has 2 N–H and O–H groups in total. The maximum Gasteiger partial charge on any atom is 0.230 e. The van der Waals surface area contributed by atoms with Crippen LogP contribution >= 0.6 is 11.8 Å². The van der Waals surface area contributed by atoms with Crippen molar-refractivity contribution >= 4 is 17.7 Å². The molecule has 0 aliphatic heterocycles. The molecule has 6 nitrogen and oxygen atoms in total. The van der Waals surface area contributed by atoms with Crippen molar-refractivity contribution in [2.75, 3.05) is 7.11 Å². The molecule has 0 spiro atoms. The van der Waals surface area contributed by atoms with E-state index in [9.17, 15) is 4.79 Å². The largest absolute Gasteiger partial charge is 0.496 e. The first-order chi connectivity index (χ1) is 10.1. The first-order valence-electron chi connectivity index (χ1n) is 6.61. The smallest absolute Gasteiger partial charge is 0.230 e. The zero-order chi connectivity index (χ0) is 15.4. The predicted octanol–water partition coefficient (Wildman–Crippen LogP) is 1.94. The van der Waals surface area contributed by atoms with Crippen LogP contribution in [0.4, 0.5) is 0 Å². The van der Waals surface area contributed by atoms with Crippen molar-refractivity contribution in [2.24, 2.45) is 5.73 Å². The zero-order valence-corrected chi connectivity index (χ0v) is 13.1. The van der Waals surface area contributed by atoms with Crippen LogP contribution in [-0.2, 0) is 11.3 Å². The fourth-order valence-corrected chi connectivity index (χ4v) is 2.77. The van der Waals surface area contributed by atoms with E-state index in [4.69, 9.17) is 10.5 Å². The van der Waals surface area contributed by atoms with Crippen molar-refractivity contribution in [3.63, 3.8) is 0 Å². The fourth-order valence-electron chi connectivity index (χ4n) is 1.91. The van der Waals surface area contributed by atoms with Crippen molar-refractivity contribution in [2.45, 2.75) is 30.8 Å². The van der Waals surface area contributed by atoms with Crippen LogP contribution in [0.5, 0.6) is 5.75 Å². The maximum absolute atomic E-state index is 11.2. The van der Waals surface area contributed by atoms with Crippen LogP contribution in [0.25, 0.3) is 11.4 Å². The second-order valence-electron chi connectivity index (χ2n) is 4.41. The number of methoxy groups -OCH3 is 1. The molecule has 0 saturated heterocycles. The van der Waals surface area contributed by atoms with Crippen LogP contribution in [0.1, 0.15) is 13.8 Å². The summed E-state index contributed by atoms with van der Waals surface area (Å²) < 4.78 is 7.31. The van der Waals surface area contributed by atoms with Crippen molar-refractivity contribution in [1.29, 1.82) is 0 Å². The molecular formula is C14H18N4O2S. The molecule has 0 radical (unpaired) electrons. The number of hydrogen-bond donors (Lipinski definition) is 1. The van der Waals surface area contributed by atoms with Crippen molar-refractivity contribution in [1.82, 2.24) is 14.8 Å². The topological polar surface area (TPSA) is 83.0 Å². The fraction of sp³-hybridized carbons (Fsp3) is 0.357. The Balaban J connectivity index is 2.42. The molecule has 1 atom stereocenters. The molecular weight excluding hydrogens is 288 g/mol. The SMILES string of the molecule is CCn1c(S[C@@H](C)C(N)=O)nnc1-c1ccccc1OC. The number of nitrogens with two attached hydrogens (primary N) is 1. The summed E-state index contributed by atoms with van der Waals surface area (Å²) in [6.45, 7) is 4.44. The number of hydrogen-bond acceptors (Lipinski definition) is 5. The van der Waals surface area contributed by atoms with Crippen molar-refractivity contribution in [3.8, 4) is 17.1 Å². The molecule has 0 unspecified atom stereocenters. The Labute approximate surface area is 127 Å². The maximum atomic E-state index is 11.2. The van der Waals surface area contributed by atoms with E-state index in [0.29, 0.717) is 17.5 Å². The number of carbonyl (C=O) groups excluding carboxylic acids is 1. The summed E-state index contributed by atoms with van der Waals surface area (Å²) in [7, 11) is 1.62. The second-order valence-corrected chi connectivity index (χ2v) is 5.72. The summed E-state index contributed by atoms with van der Waals surface area (Å²) in [4.78, 5) is 11.2. The third-order valence-electron chi connectivity index (χ3n) is 3.06. The minimum atomic E-state index is -0.371. The molecule has 1 aromatic carbocycles. The number of nitrogens with zero attached hydrogens (tertiary/aromatic N) is 3. The standard InChI is InChI=1S/C14H18N4O2S/c1-4-18-13(10-7-5-6-8-11(10)20-3)16-17-14(18)21-9(2)12(15)19/h5-9H,4H2,1-3H3,(H2,15,19)/t9-/m0/s1. The molecule has 0 bridgehead atoms. The number of benzene rings is 1. The van der Waals surface area contributed by atoms with Crippen LogP contribution < -0.4 is 10.5 Å². The molecule has 0 aliphatic rings. The number of primary amides is 1. The Hall–Kier alpha value is -2.02. The molecule has 0 saturated carbocycles. The number of carbonyl (C=O) groups is 1. The molecule has 1 amide bonds. The molecule has 112 valence electrons. The molecule has 21 heavy (non-hydrogen) atoms. The lowest BCUT2D eigenvalue weighted by molar-refractivity contribution is -0.117. The number of rotatable bonds is 6. The van der Waals surface area contributed by atoms with E-state index in [1.165, 1.54) is 11.8 Å². The number of aromatic nitrogens is 3. The first kappa shape index (κ1) is 15.4. The summed E-state index contributed by atoms with van der Waals surface area (Å²) >= 11 is 1.31. The Morgan fingerprint density at radius 1 is 1.43 bits per heavy atom. The molecule has 0 fully saturated rings. The molecule has 1 aromatic heterocycles. The number of thioether (sulfide) groups is 1. The monoisotopic (exact) mass is 306 g/mol. The minimum Gasteiger partial charge on any atom is -0.496 e. The van der Waals surface area contributed by atoms with Crippen LogP contribution in [0.15, 0.2) is 29.4 Å². The molecule has 0 aliphatic carbocycles. The van der Waals surface area contributed by atoms with Gasteiger partial charge < -0.3 is 15.0 Å². The first-order valence-corrected chi connectivity index (χ1v) is 7.49. The van der Waals surface area contributed by atoms with E-state index in [1.54, 1.807) is 14.0 Å². The lowest BCUT2D eigenvalue weighted by atomic mass is 10.2. The summed E-state index contributed by atoms with van der Waals surface area (Å²) in [6.07, 6.45) is 0. The van der Waals surface area contributed by atoms with Gasteiger partial charge in [0.05, 0.1) is 17.9 Å². The molecule has 7 heteroatoms. The highest BCUT2D eigenvalue weighted by Gasteiger charge is 2.19. The van der Waals surface area contributed by atoms with Crippen LogP contribution in [-0.4, -0.2) is 33.0 Å². The van der Waals surface area contributed by atoms with Gasteiger partial charge in [-0.05, 0) is 26.0 Å². The van der Waals surface area contributed by atoms with Gasteiger partial charge in [-0.3, -0.25) is 4.79 Å². The average molecular weight is 306 g/mol. The Bertz CT molecular complexity index is 642. The van der Waals surface area contributed by atoms with Gasteiger partial charge in [0, 0.05) is 6.54 Å². The number of ether oxygens (including phenoxy) is 1. The summed E-state index contributed by atoms with van der Waals surface area (Å²) in [5, 5.41) is 8.73. The van der Waals surface area contributed by atoms with Gasteiger partial charge in [0.2, 0.25) is 5.91 Å². The van der Waals surface area contributed by atoms with E-state index in [1.807, 2.05) is 35.8 Å². The van der Waals surface area contributed by atoms with Gasteiger partial charge in [0.1, 0.15) is 5.75 Å². The molecule has 1 heterocycles. The van der Waals surface area contributed by atoms with Gasteiger partial charge in [0.15, 0.2) is 11.0 Å². The highest BCUT2D eigenvalue weighted by atomic mass is 32.2. The number of amides is 1. The average Bonchev–Trinajstić information content (AvgIpc) is 2.89. The van der Waals surface area contributed by atoms with E-state index in [0.717, 1.165) is 11.3 Å². The molecule has 2 rings (SSSR count). The Kier molecular flexibility index (Phi) is 4.85. The minimum absolute atomic E-state index is 0.356. The van der Waals surface area contributed by atoms with Gasteiger partial charge in [-0.2, -0.15) is 0 Å². The highest BCUT2D eigenvalue weighted by Crippen LogP contribution is 2.31. The van der Waals surface area contributed by atoms with Crippen molar-refractivity contribution in [3.05, 3.63) is 24.3 Å². The predicted molar refractivity (Wildman–Crippen MR) is 82.2 cm³/mol. The van der Waals surface area contributed by atoms with Gasteiger partial charge in [-0.1, -0.05) is 23.9 Å². The molecule has 2 aromatic rings. The van der Waals surface area contributed by atoms with E-state index >= 15 is 0 Å². The second kappa shape index (κ2) is 6.62. The van der Waals surface area contributed by atoms with Crippen LogP contribution in [0, 0.1) is 0 Å². The zero-order valence-electron chi connectivity index (χ0n) is 12.2. The van der Waals surface area contributed by atoms with Gasteiger partial charge in [-0.15, -0.1) is 10.2 Å². The van der Waals surface area contributed by atoms with E-state index in [2.05, 4.69) is 10.2 Å². The van der Waals surface area contributed by atoms with Gasteiger partial charge >= 0.3 is 0 Å². The van der Waals surface area contributed by atoms with Crippen LogP contribution in [0.2, 0.25) is 0 Å². The Morgan fingerprint density at radius 3 is 2.76 bits per heavy atom. The quantitative estimate of drug-likeness (QED) is 0.825. The summed E-state index contributed by atoms with van der Waals surface area (Å²) in [5.74, 6) is 1.08. The van der Waals surface area contributed by atoms with E-state index < -0.39 is 0 Å². The van der Waals surface area contributed by atoms with Gasteiger partial charge in [-0.25, -0.2) is 0 Å². The number of para-hydroxylation sites is 1. The Morgan fingerprint density at radius 2 is 2.14 bits per heavy atom. The van der Waals surface area contributed by atoms with Gasteiger partial charge in [0.25, 0.3) is 0 Å². The summed E-state index contributed by atoms with van der Waals surface area (Å²) in [6, 6.07) is 7.63. The summed E-state index contributed by atoms with van der Waals surface area (Å²) in [5.41, 5.74) is 6.17. The van der Waals surface area contributed by atoms with Crippen LogP contribution in [0.3, 0.4) is 0 Å². The lowest BCUT2D eigenvalue weighted by Gasteiger charge is -2.11. The van der Waals surface area contributed by atoms with E-state index in [-0.39, 0.29) is 11.2 Å². The normalized spacial score (nSPS) is 12.1. The third-order valence-corrected chi connectivity index (χ3v) is 4.16. The highest BCUT2D eigenvalue weighted by molar-refractivity contribution is 8.00. The third kappa shape index (κ3) is 3.18. The van der Waals surface area contributed by atoms with Crippen molar-refractivity contribution < 1.29 is 9.53 Å².